The molecule has 1 N–H and O–H groups in total. The summed E-state index contributed by atoms with van der Waals surface area (Å²) < 4.78 is 18.6. The number of likely N-dealkylation sites (tertiary alicyclic amines) is 1. The second kappa shape index (κ2) is 12.3. The Labute approximate surface area is 213 Å². The molecule has 194 valence electrons. The largest absolute Gasteiger partial charge is 0.415 e. The van der Waals surface area contributed by atoms with Crippen molar-refractivity contribution in [1.82, 2.24) is 15.1 Å². The SMILES string of the molecule is CCN(C(=O)Oc1ccc(F)cc1)C1CCN(C(C)C[C@H](NC(=O)C2CCC2)c2ccccc2)CC1. The molecule has 1 heterocycles. The van der Waals surface area contributed by atoms with E-state index in [2.05, 4.69) is 29.3 Å². The van der Waals surface area contributed by atoms with Gasteiger partial charge in [-0.15, -0.1) is 0 Å². The number of hydrogen-bond donors (Lipinski definition) is 1. The van der Waals surface area contributed by atoms with Crippen LogP contribution in [0.4, 0.5) is 9.18 Å². The number of carbonyl (C=O) groups excluding carboxylic acids is 2. The third kappa shape index (κ3) is 6.64. The monoisotopic (exact) mass is 495 g/mol. The van der Waals surface area contributed by atoms with Crippen LogP contribution in [0.5, 0.6) is 5.75 Å². The summed E-state index contributed by atoms with van der Waals surface area (Å²) >= 11 is 0. The highest BCUT2D eigenvalue weighted by Crippen LogP contribution is 2.29. The molecule has 1 unspecified atom stereocenters. The Morgan fingerprint density at radius 2 is 1.72 bits per heavy atom. The smallest absolute Gasteiger partial charge is 0.410 e. The quantitative estimate of drug-likeness (QED) is 0.496. The lowest BCUT2D eigenvalue weighted by molar-refractivity contribution is -0.128. The van der Waals surface area contributed by atoms with Crippen LogP contribution in [0.2, 0.25) is 0 Å². The average molecular weight is 496 g/mol. The fraction of sp³-hybridized carbons (Fsp3) is 0.517. The normalized spacial score (nSPS) is 18.6. The molecular weight excluding hydrogens is 457 g/mol. The lowest BCUT2D eigenvalue weighted by Crippen LogP contribution is -2.50. The van der Waals surface area contributed by atoms with E-state index in [1.165, 1.54) is 24.3 Å². The first-order chi connectivity index (χ1) is 17.4. The number of nitrogens with zero attached hydrogens (tertiary/aromatic N) is 2. The van der Waals surface area contributed by atoms with Gasteiger partial charge in [0.05, 0.1) is 6.04 Å². The van der Waals surface area contributed by atoms with Crippen molar-refractivity contribution in [1.29, 1.82) is 0 Å². The molecule has 2 atom stereocenters. The summed E-state index contributed by atoms with van der Waals surface area (Å²) in [6.45, 7) is 6.50. The topological polar surface area (TPSA) is 61.9 Å². The van der Waals surface area contributed by atoms with Crippen LogP contribution in [0, 0.1) is 11.7 Å². The van der Waals surface area contributed by atoms with Crippen LogP contribution in [0.25, 0.3) is 0 Å². The Balaban J connectivity index is 1.32. The Bertz CT molecular complexity index is 989. The summed E-state index contributed by atoms with van der Waals surface area (Å²) in [6.07, 6.45) is 5.31. The second-order valence-electron chi connectivity index (χ2n) is 10.1. The molecule has 2 fully saturated rings. The van der Waals surface area contributed by atoms with Gasteiger partial charge in [0.25, 0.3) is 0 Å². The summed E-state index contributed by atoms with van der Waals surface area (Å²) in [4.78, 5) is 29.8. The maximum Gasteiger partial charge on any atom is 0.415 e. The number of ether oxygens (including phenoxy) is 1. The van der Waals surface area contributed by atoms with E-state index in [9.17, 15) is 14.0 Å². The fourth-order valence-electron chi connectivity index (χ4n) is 5.25. The Hall–Kier alpha value is -2.93. The molecule has 1 aliphatic carbocycles. The van der Waals surface area contributed by atoms with Crippen molar-refractivity contribution in [3.63, 3.8) is 0 Å². The highest BCUT2D eigenvalue weighted by molar-refractivity contribution is 5.79. The summed E-state index contributed by atoms with van der Waals surface area (Å²) in [7, 11) is 0. The maximum absolute atomic E-state index is 13.2. The molecule has 36 heavy (non-hydrogen) atoms. The number of halogens is 1. The summed E-state index contributed by atoms with van der Waals surface area (Å²) in [6, 6.07) is 16.1. The molecule has 1 aliphatic heterocycles. The van der Waals surface area contributed by atoms with Crippen molar-refractivity contribution >= 4 is 12.0 Å². The lowest BCUT2D eigenvalue weighted by atomic mass is 9.84. The number of piperidine rings is 1. The Kier molecular flexibility index (Phi) is 8.97. The molecule has 6 nitrogen and oxygen atoms in total. The fourth-order valence-corrected chi connectivity index (χ4v) is 5.25. The Morgan fingerprint density at radius 1 is 1.06 bits per heavy atom. The number of hydrogen-bond acceptors (Lipinski definition) is 4. The molecule has 2 amide bonds. The minimum atomic E-state index is -0.390. The van der Waals surface area contributed by atoms with E-state index in [0.717, 1.165) is 57.2 Å². The van der Waals surface area contributed by atoms with E-state index in [0.29, 0.717) is 18.3 Å². The van der Waals surface area contributed by atoms with Crippen LogP contribution < -0.4 is 10.1 Å². The van der Waals surface area contributed by atoms with Crippen molar-refractivity contribution in [2.75, 3.05) is 19.6 Å². The van der Waals surface area contributed by atoms with Gasteiger partial charge >= 0.3 is 6.09 Å². The van der Waals surface area contributed by atoms with Gasteiger partial charge in [-0.1, -0.05) is 36.8 Å². The number of nitrogens with one attached hydrogen (secondary N) is 1. The average Bonchev–Trinajstić information content (AvgIpc) is 2.85. The zero-order chi connectivity index (χ0) is 25.5. The van der Waals surface area contributed by atoms with E-state index in [4.69, 9.17) is 4.74 Å². The minimum Gasteiger partial charge on any atom is -0.410 e. The molecule has 2 aliphatic rings. The maximum atomic E-state index is 13.2. The number of amides is 2. The molecule has 0 spiro atoms. The number of rotatable bonds is 9. The van der Waals surface area contributed by atoms with Crippen molar-refractivity contribution in [3.05, 3.63) is 66.0 Å². The second-order valence-corrected chi connectivity index (χ2v) is 10.1. The van der Waals surface area contributed by atoms with Crippen molar-refractivity contribution in [2.45, 2.75) is 70.5 Å². The van der Waals surface area contributed by atoms with Gasteiger partial charge in [-0.25, -0.2) is 9.18 Å². The molecule has 0 aromatic heterocycles. The van der Waals surface area contributed by atoms with Crippen LogP contribution in [-0.2, 0) is 4.79 Å². The summed E-state index contributed by atoms with van der Waals surface area (Å²) in [5, 5.41) is 3.32. The van der Waals surface area contributed by atoms with Crippen LogP contribution in [0.3, 0.4) is 0 Å². The first-order valence-electron chi connectivity index (χ1n) is 13.3. The third-order valence-corrected chi connectivity index (χ3v) is 7.73. The molecule has 2 aromatic carbocycles. The first-order valence-corrected chi connectivity index (χ1v) is 13.3. The van der Waals surface area contributed by atoms with Gasteiger partial charge in [-0.3, -0.25) is 4.79 Å². The first kappa shape index (κ1) is 26.1. The van der Waals surface area contributed by atoms with Gasteiger partial charge in [-0.05, 0) is 75.8 Å². The molecule has 0 bridgehead atoms. The molecule has 0 radical (unpaired) electrons. The van der Waals surface area contributed by atoms with Crippen LogP contribution >= 0.6 is 0 Å². The van der Waals surface area contributed by atoms with E-state index < -0.39 is 6.09 Å². The van der Waals surface area contributed by atoms with E-state index in [1.54, 1.807) is 4.90 Å². The Morgan fingerprint density at radius 3 is 2.31 bits per heavy atom. The number of carbonyl (C=O) groups is 2. The molecule has 4 rings (SSSR count). The van der Waals surface area contributed by atoms with E-state index in [1.807, 2.05) is 25.1 Å². The zero-order valence-electron chi connectivity index (χ0n) is 21.4. The van der Waals surface area contributed by atoms with Crippen LogP contribution in [0.15, 0.2) is 54.6 Å². The van der Waals surface area contributed by atoms with Gasteiger partial charge in [0.15, 0.2) is 0 Å². The molecule has 2 aromatic rings. The highest BCUT2D eigenvalue weighted by atomic mass is 19.1. The van der Waals surface area contributed by atoms with Gasteiger partial charge in [0, 0.05) is 37.6 Å². The van der Waals surface area contributed by atoms with Crippen molar-refractivity contribution < 1.29 is 18.7 Å². The highest BCUT2D eigenvalue weighted by Gasteiger charge is 2.32. The van der Waals surface area contributed by atoms with E-state index >= 15 is 0 Å². The van der Waals surface area contributed by atoms with Crippen LogP contribution in [-0.4, -0.2) is 53.5 Å². The minimum absolute atomic E-state index is 0.00940. The van der Waals surface area contributed by atoms with E-state index in [-0.39, 0.29) is 29.7 Å². The van der Waals surface area contributed by atoms with Gasteiger partial charge in [-0.2, -0.15) is 0 Å². The lowest BCUT2D eigenvalue weighted by Gasteiger charge is -2.41. The standard InChI is InChI=1S/C29H38FN3O3/c1-3-33(29(35)36-26-14-12-24(30)13-15-26)25-16-18-32(19-17-25)21(2)20-27(22-8-5-4-6-9-22)31-28(34)23-10-7-11-23/h4-6,8-9,12-15,21,23,25,27H,3,7,10-11,16-20H2,1-2H3,(H,31,34)/t21?,27-/m0/s1. The summed E-state index contributed by atoms with van der Waals surface area (Å²) in [5.41, 5.74) is 1.15. The predicted molar refractivity (Wildman–Crippen MR) is 138 cm³/mol. The predicted octanol–water partition coefficient (Wildman–Crippen LogP) is 5.55. The number of benzene rings is 2. The van der Waals surface area contributed by atoms with Crippen molar-refractivity contribution in [3.8, 4) is 5.75 Å². The third-order valence-electron chi connectivity index (χ3n) is 7.73. The van der Waals surface area contributed by atoms with Crippen molar-refractivity contribution in [2.24, 2.45) is 5.92 Å². The van der Waals surface area contributed by atoms with Gasteiger partial charge in [0.2, 0.25) is 5.91 Å². The molecule has 1 saturated heterocycles. The molecule has 7 heteroatoms. The zero-order valence-corrected chi connectivity index (χ0v) is 21.4. The van der Waals surface area contributed by atoms with Gasteiger partial charge < -0.3 is 19.9 Å². The molecule has 1 saturated carbocycles. The van der Waals surface area contributed by atoms with Crippen LogP contribution in [0.1, 0.15) is 64.0 Å². The van der Waals surface area contributed by atoms with Gasteiger partial charge in [0.1, 0.15) is 11.6 Å². The summed E-state index contributed by atoms with van der Waals surface area (Å²) in [5.74, 6) is 0.332. The molecular formula is C29H38FN3O3.